The van der Waals surface area contributed by atoms with E-state index in [1.54, 1.807) is 25.1 Å². The molecule has 2 aromatic carbocycles. The van der Waals surface area contributed by atoms with Crippen molar-refractivity contribution in [3.8, 4) is 5.69 Å². The SMILES string of the molecule is Cc1c(C(=O)N(C)CC(=O)Nc2c(Cl)cccc2Cl)nnn1-c1ccc(F)cc1. The second-order valence-corrected chi connectivity index (χ2v) is 7.03. The third kappa shape index (κ3) is 4.55. The Morgan fingerprint density at radius 3 is 2.38 bits per heavy atom. The van der Waals surface area contributed by atoms with Gasteiger partial charge in [-0.3, -0.25) is 9.59 Å². The number of hydrogen-bond donors (Lipinski definition) is 1. The van der Waals surface area contributed by atoms with Gasteiger partial charge in [0.05, 0.1) is 33.7 Å². The molecule has 0 saturated carbocycles. The highest BCUT2D eigenvalue weighted by Crippen LogP contribution is 2.29. The average Bonchev–Trinajstić information content (AvgIpc) is 3.06. The topological polar surface area (TPSA) is 80.1 Å². The number of hydrogen-bond acceptors (Lipinski definition) is 4. The van der Waals surface area contributed by atoms with Gasteiger partial charge in [-0.15, -0.1) is 5.10 Å². The van der Waals surface area contributed by atoms with Gasteiger partial charge in [-0.1, -0.05) is 34.5 Å². The van der Waals surface area contributed by atoms with E-state index in [0.29, 0.717) is 11.4 Å². The summed E-state index contributed by atoms with van der Waals surface area (Å²) >= 11 is 12.1. The number of benzene rings is 2. The van der Waals surface area contributed by atoms with E-state index in [-0.39, 0.29) is 33.8 Å². The van der Waals surface area contributed by atoms with E-state index in [2.05, 4.69) is 15.6 Å². The lowest BCUT2D eigenvalue weighted by molar-refractivity contribution is -0.116. The van der Waals surface area contributed by atoms with Gasteiger partial charge >= 0.3 is 0 Å². The Morgan fingerprint density at radius 1 is 1.14 bits per heavy atom. The molecule has 0 aliphatic heterocycles. The molecule has 7 nitrogen and oxygen atoms in total. The predicted octanol–water partition coefficient (Wildman–Crippen LogP) is 3.73. The zero-order chi connectivity index (χ0) is 21.1. The maximum absolute atomic E-state index is 13.1. The van der Waals surface area contributed by atoms with Gasteiger partial charge in [0.25, 0.3) is 5.91 Å². The van der Waals surface area contributed by atoms with Crippen LogP contribution in [0.25, 0.3) is 5.69 Å². The molecule has 0 saturated heterocycles. The van der Waals surface area contributed by atoms with Crippen molar-refractivity contribution in [3.63, 3.8) is 0 Å². The highest BCUT2D eigenvalue weighted by Gasteiger charge is 2.23. The number of amides is 2. The molecule has 0 unspecified atom stereocenters. The lowest BCUT2D eigenvalue weighted by Crippen LogP contribution is -2.35. The quantitative estimate of drug-likeness (QED) is 0.661. The number of likely N-dealkylation sites (N-methyl/N-ethyl adjacent to an activating group) is 1. The van der Waals surface area contributed by atoms with Crippen molar-refractivity contribution in [2.45, 2.75) is 6.92 Å². The van der Waals surface area contributed by atoms with Crippen LogP contribution in [0.5, 0.6) is 0 Å². The van der Waals surface area contributed by atoms with Crippen LogP contribution in [0.3, 0.4) is 0 Å². The van der Waals surface area contributed by atoms with Gasteiger partial charge in [0.15, 0.2) is 5.69 Å². The van der Waals surface area contributed by atoms with Crippen molar-refractivity contribution in [1.29, 1.82) is 0 Å². The largest absolute Gasteiger partial charge is 0.331 e. The third-order valence-electron chi connectivity index (χ3n) is 4.12. The Bertz CT molecular complexity index is 1050. The van der Waals surface area contributed by atoms with E-state index in [4.69, 9.17) is 23.2 Å². The first kappa shape index (κ1) is 20.8. The summed E-state index contributed by atoms with van der Waals surface area (Å²) in [6, 6.07) is 10.5. The van der Waals surface area contributed by atoms with E-state index in [1.807, 2.05) is 0 Å². The Balaban J connectivity index is 1.72. The maximum atomic E-state index is 13.1. The van der Waals surface area contributed by atoms with Crippen molar-refractivity contribution in [3.05, 3.63) is 69.7 Å². The van der Waals surface area contributed by atoms with Crippen LogP contribution in [0.15, 0.2) is 42.5 Å². The summed E-state index contributed by atoms with van der Waals surface area (Å²) in [5.41, 5.74) is 1.38. The Kier molecular flexibility index (Phi) is 6.14. The molecule has 10 heteroatoms. The van der Waals surface area contributed by atoms with Crippen LogP contribution in [-0.4, -0.2) is 45.3 Å². The number of rotatable bonds is 5. The molecule has 2 amide bonds. The Hall–Kier alpha value is -2.97. The Labute approximate surface area is 176 Å². The van der Waals surface area contributed by atoms with Crippen LogP contribution in [0.4, 0.5) is 10.1 Å². The average molecular weight is 436 g/mol. The van der Waals surface area contributed by atoms with Gasteiger partial charge in [-0.2, -0.15) is 0 Å². The van der Waals surface area contributed by atoms with Crippen LogP contribution >= 0.6 is 23.2 Å². The minimum absolute atomic E-state index is 0.0837. The van der Waals surface area contributed by atoms with E-state index in [0.717, 1.165) is 0 Å². The fourth-order valence-corrected chi connectivity index (χ4v) is 3.11. The molecule has 1 N–H and O–H groups in total. The molecule has 150 valence electrons. The number of para-hydroxylation sites is 1. The summed E-state index contributed by atoms with van der Waals surface area (Å²) in [5.74, 6) is -1.34. The summed E-state index contributed by atoms with van der Waals surface area (Å²) in [5, 5.41) is 11.0. The summed E-state index contributed by atoms with van der Waals surface area (Å²) in [7, 11) is 1.46. The minimum Gasteiger partial charge on any atom is -0.331 e. The number of halogens is 3. The van der Waals surface area contributed by atoms with Gasteiger partial charge in [0, 0.05) is 7.05 Å². The van der Waals surface area contributed by atoms with E-state index < -0.39 is 11.8 Å². The van der Waals surface area contributed by atoms with Crippen molar-refractivity contribution in [2.75, 3.05) is 18.9 Å². The molecule has 0 aliphatic carbocycles. The number of nitrogens with one attached hydrogen (secondary N) is 1. The minimum atomic E-state index is -0.490. The van der Waals surface area contributed by atoms with Crippen LogP contribution in [0.1, 0.15) is 16.2 Å². The summed E-state index contributed by atoms with van der Waals surface area (Å²) in [6.45, 7) is 1.41. The van der Waals surface area contributed by atoms with Gasteiger partial charge in [-0.05, 0) is 43.3 Å². The number of carbonyl (C=O) groups is 2. The molecule has 0 atom stereocenters. The normalized spacial score (nSPS) is 10.7. The lowest BCUT2D eigenvalue weighted by Gasteiger charge is -2.16. The van der Waals surface area contributed by atoms with Crippen molar-refractivity contribution in [2.24, 2.45) is 0 Å². The molecule has 3 rings (SSSR count). The molecule has 1 heterocycles. The number of anilines is 1. The third-order valence-corrected chi connectivity index (χ3v) is 4.75. The summed E-state index contributed by atoms with van der Waals surface area (Å²) < 4.78 is 14.5. The van der Waals surface area contributed by atoms with E-state index >= 15 is 0 Å². The van der Waals surface area contributed by atoms with Crippen molar-refractivity contribution >= 4 is 40.7 Å². The van der Waals surface area contributed by atoms with Gasteiger partial charge < -0.3 is 10.2 Å². The number of nitrogens with zero attached hydrogens (tertiary/aromatic N) is 4. The Morgan fingerprint density at radius 2 is 1.76 bits per heavy atom. The first-order valence-electron chi connectivity index (χ1n) is 8.45. The molecule has 0 aliphatic rings. The molecule has 3 aromatic rings. The van der Waals surface area contributed by atoms with Gasteiger partial charge in [0.2, 0.25) is 5.91 Å². The maximum Gasteiger partial charge on any atom is 0.276 e. The molecular formula is C19H16Cl2FN5O2. The molecular weight excluding hydrogens is 420 g/mol. The fourth-order valence-electron chi connectivity index (χ4n) is 2.62. The zero-order valence-electron chi connectivity index (χ0n) is 15.5. The fraction of sp³-hybridized carbons (Fsp3) is 0.158. The smallest absolute Gasteiger partial charge is 0.276 e. The van der Waals surface area contributed by atoms with Crippen molar-refractivity contribution < 1.29 is 14.0 Å². The van der Waals surface area contributed by atoms with Crippen LogP contribution < -0.4 is 5.32 Å². The summed E-state index contributed by atoms with van der Waals surface area (Å²) in [6.07, 6.45) is 0. The highest BCUT2D eigenvalue weighted by atomic mass is 35.5. The van der Waals surface area contributed by atoms with Gasteiger partial charge in [0.1, 0.15) is 5.82 Å². The molecule has 0 bridgehead atoms. The number of carbonyl (C=O) groups excluding carboxylic acids is 2. The lowest BCUT2D eigenvalue weighted by atomic mass is 10.2. The first-order valence-corrected chi connectivity index (χ1v) is 9.21. The summed E-state index contributed by atoms with van der Waals surface area (Å²) in [4.78, 5) is 26.2. The second-order valence-electron chi connectivity index (χ2n) is 6.22. The molecule has 0 spiro atoms. The van der Waals surface area contributed by atoms with Gasteiger partial charge in [-0.25, -0.2) is 9.07 Å². The second kappa shape index (κ2) is 8.59. The number of aromatic nitrogens is 3. The van der Waals surface area contributed by atoms with Crippen molar-refractivity contribution in [1.82, 2.24) is 19.9 Å². The molecule has 0 radical (unpaired) electrons. The molecule has 0 fully saturated rings. The molecule has 1 aromatic heterocycles. The predicted molar refractivity (Wildman–Crippen MR) is 108 cm³/mol. The standard InChI is InChI=1S/C19H16Cl2FN5O2/c1-11-17(24-25-27(11)13-8-6-12(22)7-9-13)19(29)26(2)10-16(28)23-18-14(20)4-3-5-15(18)21/h3-9H,10H2,1-2H3,(H,23,28). The van der Waals surface area contributed by atoms with E-state index in [9.17, 15) is 14.0 Å². The highest BCUT2D eigenvalue weighted by molar-refractivity contribution is 6.39. The monoisotopic (exact) mass is 435 g/mol. The van der Waals surface area contributed by atoms with Crippen LogP contribution in [0.2, 0.25) is 10.0 Å². The first-order chi connectivity index (χ1) is 13.8. The van der Waals surface area contributed by atoms with Crippen LogP contribution in [0, 0.1) is 12.7 Å². The van der Waals surface area contributed by atoms with E-state index in [1.165, 1.54) is 40.9 Å². The zero-order valence-corrected chi connectivity index (χ0v) is 17.0. The molecule has 29 heavy (non-hydrogen) atoms. The van der Waals surface area contributed by atoms with Crippen LogP contribution in [-0.2, 0) is 4.79 Å².